The molecule has 0 unspecified atom stereocenters. The van der Waals surface area contributed by atoms with Crippen LogP contribution in [0.4, 0.5) is 4.79 Å². The van der Waals surface area contributed by atoms with Crippen molar-refractivity contribution in [2.45, 2.75) is 58.1 Å². The third kappa shape index (κ3) is 5.24. The number of carbonyl (C=O) groups excluding carboxylic acids is 1. The number of hydrogen-bond acceptors (Lipinski definition) is 3. The molecule has 1 aliphatic heterocycles. The van der Waals surface area contributed by atoms with E-state index in [9.17, 15) is 4.79 Å². The van der Waals surface area contributed by atoms with E-state index in [1.165, 1.54) is 0 Å². The zero-order valence-electron chi connectivity index (χ0n) is 13.9. The highest BCUT2D eigenvalue weighted by Gasteiger charge is 2.31. The van der Waals surface area contributed by atoms with Crippen LogP contribution < -0.4 is 4.74 Å². The molecule has 2 rings (SSSR count). The molecule has 0 aromatic heterocycles. The van der Waals surface area contributed by atoms with E-state index in [1.807, 2.05) is 56.0 Å². The Morgan fingerprint density at radius 2 is 2.00 bits per heavy atom. The third-order valence-electron chi connectivity index (χ3n) is 3.70. The Morgan fingerprint density at radius 3 is 2.68 bits per heavy atom. The summed E-state index contributed by atoms with van der Waals surface area (Å²) in [5.74, 6) is 0.901. The van der Waals surface area contributed by atoms with Crippen molar-refractivity contribution in [2.24, 2.45) is 0 Å². The number of para-hydroxylation sites is 1. The molecule has 0 aliphatic carbocycles. The first-order valence-electron chi connectivity index (χ1n) is 8.13. The van der Waals surface area contributed by atoms with Crippen molar-refractivity contribution >= 4 is 6.09 Å². The number of carbonyl (C=O) groups is 1. The average Bonchev–Trinajstić information content (AvgIpc) is 2.91. The van der Waals surface area contributed by atoms with Crippen LogP contribution in [0.3, 0.4) is 0 Å². The summed E-state index contributed by atoms with van der Waals surface area (Å²) < 4.78 is 11.2. The molecule has 22 heavy (non-hydrogen) atoms. The van der Waals surface area contributed by atoms with Crippen molar-refractivity contribution in [3.63, 3.8) is 0 Å². The van der Waals surface area contributed by atoms with Crippen LogP contribution in [0.2, 0.25) is 0 Å². The Bertz CT molecular complexity index is 467. The largest absolute Gasteiger partial charge is 0.494 e. The summed E-state index contributed by atoms with van der Waals surface area (Å²) in [5, 5.41) is 0. The SMILES string of the molecule is CC(C)(C)OC(=O)N1CCC[C@H]1CCCOc1ccccc1. The number of ether oxygens (including phenoxy) is 2. The van der Waals surface area contributed by atoms with Gasteiger partial charge in [0.2, 0.25) is 0 Å². The molecule has 4 nitrogen and oxygen atoms in total. The van der Waals surface area contributed by atoms with E-state index in [0.717, 1.165) is 38.0 Å². The molecule has 4 heteroatoms. The molecule has 1 amide bonds. The molecule has 0 saturated carbocycles. The fraction of sp³-hybridized carbons (Fsp3) is 0.611. The third-order valence-corrected chi connectivity index (χ3v) is 3.70. The summed E-state index contributed by atoms with van der Waals surface area (Å²) in [6, 6.07) is 10.1. The quantitative estimate of drug-likeness (QED) is 0.764. The molecular formula is C18H27NO3. The van der Waals surface area contributed by atoms with Gasteiger partial charge in [0.15, 0.2) is 0 Å². The lowest BCUT2D eigenvalue weighted by atomic mass is 10.1. The molecule has 1 saturated heterocycles. The molecule has 1 aromatic rings. The molecule has 1 aromatic carbocycles. The second kappa shape index (κ2) is 7.52. The van der Waals surface area contributed by atoms with E-state index in [1.54, 1.807) is 0 Å². The Hall–Kier alpha value is -1.71. The lowest BCUT2D eigenvalue weighted by Crippen LogP contribution is -2.39. The van der Waals surface area contributed by atoms with Crippen LogP contribution in [0, 0.1) is 0 Å². The summed E-state index contributed by atoms with van der Waals surface area (Å²) in [6.07, 6.45) is 3.85. The van der Waals surface area contributed by atoms with Gasteiger partial charge in [-0.05, 0) is 58.6 Å². The standard InChI is InChI=1S/C18H27NO3/c1-18(2,3)22-17(20)19-13-7-9-15(19)10-8-14-21-16-11-5-4-6-12-16/h4-6,11-12,15H,7-10,13-14H2,1-3H3/t15-/m0/s1. The van der Waals surface area contributed by atoms with Gasteiger partial charge < -0.3 is 14.4 Å². The molecule has 1 heterocycles. The second-order valence-corrected chi connectivity index (χ2v) is 6.77. The minimum atomic E-state index is -0.430. The van der Waals surface area contributed by atoms with Gasteiger partial charge in [0.05, 0.1) is 6.61 Å². The molecule has 1 atom stereocenters. The molecular weight excluding hydrogens is 278 g/mol. The average molecular weight is 305 g/mol. The predicted octanol–water partition coefficient (Wildman–Crippen LogP) is 4.25. The maximum atomic E-state index is 12.2. The highest BCUT2D eigenvalue weighted by Crippen LogP contribution is 2.24. The smallest absolute Gasteiger partial charge is 0.410 e. The van der Waals surface area contributed by atoms with E-state index < -0.39 is 5.60 Å². The van der Waals surface area contributed by atoms with E-state index in [0.29, 0.717) is 6.61 Å². The lowest BCUT2D eigenvalue weighted by molar-refractivity contribution is 0.0216. The molecule has 1 fully saturated rings. The molecule has 0 spiro atoms. The van der Waals surface area contributed by atoms with Gasteiger partial charge in [-0.2, -0.15) is 0 Å². The van der Waals surface area contributed by atoms with Crippen molar-refractivity contribution in [3.05, 3.63) is 30.3 Å². The molecule has 0 radical (unpaired) electrons. The van der Waals surface area contributed by atoms with Crippen LogP contribution >= 0.6 is 0 Å². The lowest BCUT2D eigenvalue weighted by Gasteiger charge is -2.28. The zero-order valence-corrected chi connectivity index (χ0v) is 13.9. The summed E-state index contributed by atoms with van der Waals surface area (Å²) in [5.41, 5.74) is -0.430. The predicted molar refractivity (Wildman–Crippen MR) is 87.1 cm³/mol. The van der Waals surface area contributed by atoms with Gasteiger partial charge in [-0.15, -0.1) is 0 Å². The van der Waals surface area contributed by atoms with E-state index in [4.69, 9.17) is 9.47 Å². The fourth-order valence-electron chi connectivity index (χ4n) is 2.72. The summed E-state index contributed by atoms with van der Waals surface area (Å²) >= 11 is 0. The van der Waals surface area contributed by atoms with Crippen molar-refractivity contribution in [1.29, 1.82) is 0 Å². The van der Waals surface area contributed by atoms with Gasteiger partial charge in [0.25, 0.3) is 0 Å². The van der Waals surface area contributed by atoms with E-state index >= 15 is 0 Å². The highest BCUT2D eigenvalue weighted by atomic mass is 16.6. The topological polar surface area (TPSA) is 38.8 Å². The maximum absolute atomic E-state index is 12.2. The second-order valence-electron chi connectivity index (χ2n) is 6.77. The zero-order chi connectivity index (χ0) is 16.0. The first-order valence-corrected chi connectivity index (χ1v) is 8.13. The van der Waals surface area contributed by atoms with Gasteiger partial charge in [0, 0.05) is 12.6 Å². The van der Waals surface area contributed by atoms with Gasteiger partial charge in [0.1, 0.15) is 11.4 Å². The van der Waals surface area contributed by atoms with Gasteiger partial charge in [-0.25, -0.2) is 4.79 Å². The first-order chi connectivity index (χ1) is 10.5. The molecule has 122 valence electrons. The Kier molecular flexibility index (Phi) is 5.69. The number of rotatable bonds is 5. The number of hydrogen-bond donors (Lipinski definition) is 0. The van der Waals surface area contributed by atoms with Crippen LogP contribution in [0.15, 0.2) is 30.3 Å². The minimum Gasteiger partial charge on any atom is -0.494 e. The van der Waals surface area contributed by atoms with Crippen LogP contribution in [0.25, 0.3) is 0 Å². The highest BCUT2D eigenvalue weighted by molar-refractivity contribution is 5.68. The first kappa shape index (κ1) is 16.7. The van der Waals surface area contributed by atoms with E-state index in [2.05, 4.69) is 0 Å². The summed E-state index contributed by atoms with van der Waals surface area (Å²) in [7, 11) is 0. The molecule has 1 aliphatic rings. The minimum absolute atomic E-state index is 0.182. The van der Waals surface area contributed by atoms with Crippen molar-refractivity contribution in [2.75, 3.05) is 13.2 Å². The van der Waals surface area contributed by atoms with Crippen LogP contribution in [0.1, 0.15) is 46.5 Å². The Labute approximate surface area is 133 Å². The number of likely N-dealkylation sites (tertiary alicyclic amines) is 1. The summed E-state index contributed by atoms with van der Waals surface area (Å²) in [4.78, 5) is 14.1. The van der Waals surface area contributed by atoms with Gasteiger partial charge in [-0.3, -0.25) is 0 Å². The van der Waals surface area contributed by atoms with E-state index in [-0.39, 0.29) is 12.1 Å². The number of benzene rings is 1. The maximum Gasteiger partial charge on any atom is 0.410 e. The van der Waals surface area contributed by atoms with Crippen LogP contribution in [0.5, 0.6) is 5.75 Å². The Morgan fingerprint density at radius 1 is 1.27 bits per heavy atom. The normalized spacial score (nSPS) is 18.3. The Balaban J connectivity index is 1.73. The van der Waals surface area contributed by atoms with Crippen molar-refractivity contribution < 1.29 is 14.3 Å². The molecule has 0 bridgehead atoms. The fourth-order valence-corrected chi connectivity index (χ4v) is 2.72. The van der Waals surface area contributed by atoms with Crippen LogP contribution in [-0.4, -0.2) is 35.8 Å². The summed E-state index contributed by atoms with van der Waals surface area (Å²) in [6.45, 7) is 7.21. The monoisotopic (exact) mass is 305 g/mol. The van der Waals surface area contributed by atoms with Crippen molar-refractivity contribution in [1.82, 2.24) is 4.90 Å². The van der Waals surface area contributed by atoms with Crippen molar-refractivity contribution in [3.8, 4) is 5.75 Å². The van der Waals surface area contributed by atoms with Gasteiger partial charge >= 0.3 is 6.09 Å². The number of amides is 1. The van der Waals surface area contributed by atoms with Gasteiger partial charge in [-0.1, -0.05) is 18.2 Å². The molecule has 0 N–H and O–H groups in total. The van der Waals surface area contributed by atoms with Crippen LogP contribution in [-0.2, 0) is 4.74 Å². The number of nitrogens with zero attached hydrogens (tertiary/aromatic N) is 1.